The van der Waals surface area contributed by atoms with Gasteiger partial charge in [0.2, 0.25) is 0 Å². The summed E-state index contributed by atoms with van der Waals surface area (Å²) in [6.45, 7) is 8.39. The van der Waals surface area contributed by atoms with Crippen LogP contribution < -0.4 is 0 Å². The molecule has 80 valence electrons. The minimum atomic E-state index is -3.82. The van der Waals surface area contributed by atoms with Crippen molar-refractivity contribution in [2.45, 2.75) is 50.7 Å². The average molecular weight is 224 g/mol. The summed E-state index contributed by atoms with van der Waals surface area (Å²) in [5.74, 6) is 0. The van der Waals surface area contributed by atoms with Gasteiger partial charge in [0.1, 0.15) is 0 Å². The summed E-state index contributed by atoms with van der Waals surface area (Å²) in [5.41, 5.74) is 0. The predicted molar refractivity (Wildman–Crippen MR) is 58.4 cm³/mol. The monoisotopic (exact) mass is 224 g/mol. The molecule has 5 heteroatoms. The van der Waals surface area contributed by atoms with Gasteiger partial charge in [0, 0.05) is 8.07 Å². The lowest BCUT2D eigenvalue weighted by atomic mass is 10.3. The van der Waals surface area contributed by atoms with Crippen molar-refractivity contribution in [3.63, 3.8) is 0 Å². The molecule has 0 rings (SSSR count). The lowest BCUT2D eigenvalue weighted by Gasteiger charge is -2.18. The first-order chi connectivity index (χ1) is 5.67. The van der Waals surface area contributed by atoms with Gasteiger partial charge in [-0.25, -0.2) is 0 Å². The van der Waals surface area contributed by atoms with Crippen molar-refractivity contribution >= 4 is 18.2 Å². The van der Waals surface area contributed by atoms with E-state index in [-0.39, 0.29) is 0 Å². The second-order valence-corrected chi connectivity index (χ2v) is 12.0. The van der Waals surface area contributed by atoms with E-state index < -0.39 is 23.4 Å². The van der Waals surface area contributed by atoms with Gasteiger partial charge in [-0.05, 0) is 12.8 Å². The lowest BCUT2D eigenvalue weighted by Crippen LogP contribution is -2.26. The van der Waals surface area contributed by atoms with Gasteiger partial charge in [0.25, 0.3) is 10.1 Å². The Labute approximate surface area is 82.3 Å². The maximum absolute atomic E-state index is 10.9. The number of hydrogen-bond donors (Lipinski definition) is 1. The molecule has 0 saturated carbocycles. The predicted octanol–water partition coefficient (Wildman–Crippen LogP) is 2.38. The molecule has 0 saturated heterocycles. The van der Waals surface area contributed by atoms with Crippen LogP contribution in [0.3, 0.4) is 0 Å². The summed E-state index contributed by atoms with van der Waals surface area (Å²) in [5, 5.41) is -0.556. The Balaban J connectivity index is 4.18. The first-order valence-corrected chi connectivity index (χ1v) is 9.84. The van der Waals surface area contributed by atoms with Crippen LogP contribution in [0.1, 0.15) is 19.8 Å². The smallest absolute Gasteiger partial charge is 0.267 e. The summed E-state index contributed by atoms with van der Waals surface area (Å²) >= 11 is 0. The highest BCUT2D eigenvalue weighted by atomic mass is 32.2. The van der Waals surface area contributed by atoms with Crippen molar-refractivity contribution in [1.82, 2.24) is 0 Å². The van der Waals surface area contributed by atoms with Crippen molar-refractivity contribution in [2.75, 3.05) is 0 Å². The summed E-state index contributed by atoms with van der Waals surface area (Å²) in [4.78, 5) is 0. The van der Waals surface area contributed by atoms with E-state index in [9.17, 15) is 8.42 Å². The highest BCUT2D eigenvalue weighted by molar-refractivity contribution is 7.86. The first kappa shape index (κ1) is 13.1. The molecule has 0 amide bonds. The zero-order chi connectivity index (χ0) is 10.7. The minimum Gasteiger partial charge on any atom is -0.285 e. The second kappa shape index (κ2) is 4.57. The van der Waals surface area contributed by atoms with Crippen molar-refractivity contribution in [3.8, 4) is 0 Å². The number of rotatable bonds is 5. The maximum Gasteiger partial charge on any atom is 0.267 e. The molecule has 1 unspecified atom stereocenters. The molecule has 0 aromatic carbocycles. The van der Waals surface area contributed by atoms with Crippen LogP contribution in [-0.4, -0.2) is 26.3 Å². The molecule has 13 heavy (non-hydrogen) atoms. The van der Waals surface area contributed by atoms with Crippen LogP contribution in [0.5, 0.6) is 0 Å². The summed E-state index contributed by atoms with van der Waals surface area (Å²) in [7, 11) is -5.01. The molecule has 0 bridgehead atoms. The Morgan fingerprint density at radius 3 is 2.00 bits per heavy atom. The highest BCUT2D eigenvalue weighted by Crippen LogP contribution is 2.18. The fraction of sp³-hybridized carbons (Fsp3) is 1.00. The van der Waals surface area contributed by atoms with Crippen LogP contribution in [0.15, 0.2) is 0 Å². The maximum atomic E-state index is 10.9. The van der Waals surface area contributed by atoms with E-state index in [1.54, 1.807) is 6.92 Å². The largest absolute Gasteiger partial charge is 0.285 e. The third-order valence-electron chi connectivity index (χ3n) is 2.09. The van der Waals surface area contributed by atoms with Crippen molar-refractivity contribution < 1.29 is 13.0 Å². The molecule has 0 fully saturated rings. The van der Waals surface area contributed by atoms with E-state index in [1.807, 2.05) is 0 Å². The van der Waals surface area contributed by atoms with Gasteiger partial charge < -0.3 is 0 Å². The molecule has 0 aliphatic carbocycles. The third kappa shape index (κ3) is 6.23. The fourth-order valence-corrected chi connectivity index (χ4v) is 3.42. The number of hydrogen-bond acceptors (Lipinski definition) is 2. The standard InChI is InChI=1S/C8H20O3SSi/c1-5-8(12(9,10)11)6-7-13(2,3)4/h8H,5-7H2,1-4H3,(H,9,10,11). The van der Waals surface area contributed by atoms with Crippen LogP contribution in [0, 0.1) is 0 Å². The summed E-state index contributed by atoms with van der Waals surface area (Å²) in [6, 6.07) is 0.950. The molecular weight excluding hydrogens is 204 g/mol. The zero-order valence-electron chi connectivity index (χ0n) is 8.87. The van der Waals surface area contributed by atoms with E-state index in [0.29, 0.717) is 12.8 Å². The Kier molecular flexibility index (Phi) is 4.61. The molecule has 3 nitrogen and oxygen atoms in total. The van der Waals surface area contributed by atoms with E-state index >= 15 is 0 Å². The summed E-state index contributed by atoms with van der Waals surface area (Å²) < 4.78 is 30.6. The average Bonchev–Trinajstić information content (AvgIpc) is 1.82. The normalized spacial score (nSPS) is 15.8. The van der Waals surface area contributed by atoms with Gasteiger partial charge in [0.05, 0.1) is 5.25 Å². The molecule has 0 aliphatic heterocycles. The molecule has 0 aliphatic rings. The van der Waals surface area contributed by atoms with Crippen molar-refractivity contribution in [2.24, 2.45) is 0 Å². The van der Waals surface area contributed by atoms with Gasteiger partial charge in [-0.15, -0.1) is 0 Å². The summed E-state index contributed by atoms with van der Waals surface area (Å²) in [6.07, 6.45) is 1.11. The van der Waals surface area contributed by atoms with Gasteiger partial charge in [0.15, 0.2) is 0 Å². The van der Waals surface area contributed by atoms with Gasteiger partial charge >= 0.3 is 0 Å². The Morgan fingerprint density at radius 1 is 1.31 bits per heavy atom. The van der Waals surface area contributed by atoms with Crippen molar-refractivity contribution in [3.05, 3.63) is 0 Å². The quantitative estimate of drug-likeness (QED) is 0.576. The van der Waals surface area contributed by atoms with Crippen LogP contribution >= 0.6 is 0 Å². The van der Waals surface area contributed by atoms with Crippen molar-refractivity contribution in [1.29, 1.82) is 0 Å². The van der Waals surface area contributed by atoms with Gasteiger partial charge in [-0.3, -0.25) is 4.55 Å². The third-order valence-corrected chi connectivity index (χ3v) is 5.29. The topological polar surface area (TPSA) is 54.4 Å². The fourth-order valence-electron chi connectivity index (χ4n) is 1.16. The van der Waals surface area contributed by atoms with Gasteiger partial charge in [-0.2, -0.15) is 8.42 Å². The molecule has 0 spiro atoms. The Morgan fingerprint density at radius 2 is 1.77 bits per heavy atom. The molecule has 1 atom stereocenters. The SMILES string of the molecule is CCC(CC[Si](C)(C)C)S(=O)(=O)O. The van der Waals surface area contributed by atoms with E-state index in [4.69, 9.17) is 4.55 Å². The van der Waals surface area contributed by atoms with Crippen LogP contribution in [0.4, 0.5) is 0 Å². The van der Waals surface area contributed by atoms with Crippen LogP contribution in [-0.2, 0) is 10.1 Å². The Hall–Kier alpha value is 0.127. The molecule has 0 aromatic heterocycles. The second-order valence-electron chi connectivity index (χ2n) is 4.64. The van der Waals surface area contributed by atoms with E-state index in [1.165, 1.54) is 0 Å². The van der Waals surface area contributed by atoms with E-state index in [2.05, 4.69) is 19.6 Å². The molecule has 0 aromatic rings. The first-order valence-electron chi connectivity index (χ1n) is 4.63. The lowest BCUT2D eigenvalue weighted by molar-refractivity contribution is 0.461. The Bertz CT molecular complexity index is 241. The van der Waals surface area contributed by atoms with E-state index in [0.717, 1.165) is 6.04 Å². The molecular formula is C8H20O3SSi. The molecule has 0 radical (unpaired) electrons. The molecule has 1 N–H and O–H groups in total. The van der Waals surface area contributed by atoms with Crippen LogP contribution in [0.2, 0.25) is 25.7 Å². The molecule has 0 heterocycles. The zero-order valence-corrected chi connectivity index (χ0v) is 10.7. The minimum absolute atomic E-state index is 0.503. The highest BCUT2D eigenvalue weighted by Gasteiger charge is 2.23. The van der Waals surface area contributed by atoms with Crippen LogP contribution in [0.25, 0.3) is 0 Å². The van der Waals surface area contributed by atoms with Gasteiger partial charge in [-0.1, -0.05) is 32.6 Å².